The number of hydrogen-bond acceptors (Lipinski definition) is 2. The van der Waals surface area contributed by atoms with Crippen LogP contribution in [0.2, 0.25) is 0 Å². The molecule has 1 aliphatic rings. The van der Waals surface area contributed by atoms with Crippen molar-refractivity contribution in [2.75, 3.05) is 20.2 Å². The molecule has 1 aromatic rings. The van der Waals surface area contributed by atoms with E-state index in [1.807, 2.05) is 0 Å². The Morgan fingerprint density at radius 1 is 1.05 bits per heavy atom. The molecule has 0 atom stereocenters. The van der Waals surface area contributed by atoms with Gasteiger partial charge in [0.1, 0.15) is 5.56 Å². The van der Waals surface area contributed by atoms with Gasteiger partial charge < -0.3 is 10.1 Å². The first-order valence-corrected chi connectivity index (χ1v) is 6.83. The van der Waals surface area contributed by atoms with Gasteiger partial charge in [0, 0.05) is 11.6 Å². The van der Waals surface area contributed by atoms with Crippen molar-refractivity contribution in [2.45, 2.75) is 18.8 Å². The smallest absolute Gasteiger partial charge is 0.177 e. The topological polar surface area (TPSA) is 21.3 Å². The minimum Gasteiger partial charge on any atom is -0.504 e. The molecule has 2 rings (SSSR count). The van der Waals surface area contributed by atoms with Crippen LogP contribution in [0.1, 0.15) is 29.9 Å². The fraction of sp³-hybridized carbons (Fsp3) is 0.375. The quantitative estimate of drug-likeness (QED) is 0.392. The minimum atomic E-state index is -1.45. The lowest BCUT2D eigenvalue weighted by atomic mass is 9.88. The Hall–Kier alpha value is -2.00. The SMILES string of the molecule is CO/C=C\C#Cc1c(F)c(F)c(C2CCNCC2)c(F)c1F. The molecule has 0 spiro atoms. The lowest BCUT2D eigenvalue weighted by Crippen LogP contribution is -2.28. The summed E-state index contributed by atoms with van der Waals surface area (Å²) < 4.78 is 60.9. The van der Waals surface area contributed by atoms with Gasteiger partial charge in [-0.1, -0.05) is 11.8 Å². The van der Waals surface area contributed by atoms with Crippen LogP contribution in [0.4, 0.5) is 17.6 Å². The molecule has 6 heteroatoms. The molecule has 0 amide bonds. The zero-order valence-corrected chi connectivity index (χ0v) is 12.0. The molecule has 1 aromatic carbocycles. The van der Waals surface area contributed by atoms with Crippen molar-refractivity contribution >= 4 is 0 Å². The molecule has 22 heavy (non-hydrogen) atoms. The predicted octanol–water partition coefficient (Wildman–Crippen LogP) is 3.22. The van der Waals surface area contributed by atoms with Gasteiger partial charge in [-0.15, -0.1) is 0 Å². The molecule has 0 unspecified atom stereocenters. The molecule has 0 aliphatic carbocycles. The fourth-order valence-corrected chi connectivity index (χ4v) is 2.44. The summed E-state index contributed by atoms with van der Waals surface area (Å²) >= 11 is 0. The van der Waals surface area contributed by atoms with E-state index in [4.69, 9.17) is 0 Å². The van der Waals surface area contributed by atoms with E-state index in [9.17, 15) is 17.6 Å². The molecular weight excluding hydrogens is 298 g/mol. The van der Waals surface area contributed by atoms with Crippen molar-refractivity contribution in [3.05, 3.63) is 46.7 Å². The fourth-order valence-electron chi connectivity index (χ4n) is 2.44. The number of piperidine rings is 1. The number of halogens is 4. The van der Waals surface area contributed by atoms with Crippen LogP contribution in [0.15, 0.2) is 12.3 Å². The Morgan fingerprint density at radius 2 is 1.64 bits per heavy atom. The average molecular weight is 313 g/mol. The van der Waals surface area contributed by atoms with Crippen LogP contribution >= 0.6 is 0 Å². The lowest BCUT2D eigenvalue weighted by Gasteiger charge is -2.24. The Morgan fingerprint density at radius 3 is 2.18 bits per heavy atom. The highest BCUT2D eigenvalue weighted by Gasteiger charge is 2.30. The van der Waals surface area contributed by atoms with Gasteiger partial charge in [0.25, 0.3) is 0 Å². The van der Waals surface area contributed by atoms with E-state index in [2.05, 4.69) is 21.9 Å². The zero-order valence-electron chi connectivity index (χ0n) is 12.0. The monoisotopic (exact) mass is 313 g/mol. The van der Waals surface area contributed by atoms with Crippen LogP contribution in [-0.2, 0) is 4.74 Å². The molecule has 0 radical (unpaired) electrons. The van der Waals surface area contributed by atoms with Crippen molar-refractivity contribution in [1.29, 1.82) is 0 Å². The van der Waals surface area contributed by atoms with Gasteiger partial charge in [-0.2, -0.15) is 0 Å². The average Bonchev–Trinajstić information content (AvgIpc) is 2.53. The first kappa shape index (κ1) is 16.4. The van der Waals surface area contributed by atoms with Gasteiger partial charge in [0.05, 0.1) is 13.4 Å². The summed E-state index contributed by atoms with van der Waals surface area (Å²) in [5.41, 5.74) is -1.43. The molecule has 1 heterocycles. The van der Waals surface area contributed by atoms with E-state index in [-0.39, 0.29) is 0 Å². The van der Waals surface area contributed by atoms with Crippen molar-refractivity contribution < 1.29 is 22.3 Å². The normalized spacial score (nSPS) is 15.7. The number of ether oxygens (including phenoxy) is 1. The Balaban J connectivity index is 2.47. The standard InChI is InChI=1S/C16H15F4NO/c1-22-9-3-2-4-11-13(17)15(19)12(16(20)14(11)18)10-5-7-21-8-6-10/h3,9-10,21H,5-8H2,1H3/b9-3-. The predicted molar refractivity (Wildman–Crippen MR) is 74.1 cm³/mol. The Bertz CT molecular complexity index is 611. The van der Waals surface area contributed by atoms with Gasteiger partial charge in [0.15, 0.2) is 23.3 Å². The number of allylic oxidation sites excluding steroid dienone is 1. The van der Waals surface area contributed by atoms with E-state index in [1.54, 1.807) is 0 Å². The van der Waals surface area contributed by atoms with Crippen LogP contribution in [-0.4, -0.2) is 20.2 Å². The zero-order chi connectivity index (χ0) is 16.1. The second-order valence-corrected chi connectivity index (χ2v) is 4.88. The third kappa shape index (κ3) is 3.25. The molecular formula is C16H15F4NO. The largest absolute Gasteiger partial charge is 0.504 e. The van der Waals surface area contributed by atoms with Gasteiger partial charge in [0.2, 0.25) is 0 Å². The highest BCUT2D eigenvalue weighted by atomic mass is 19.2. The molecule has 0 bridgehead atoms. The molecule has 0 saturated carbocycles. The first-order valence-electron chi connectivity index (χ1n) is 6.83. The molecule has 118 valence electrons. The summed E-state index contributed by atoms with van der Waals surface area (Å²) in [4.78, 5) is 0. The van der Waals surface area contributed by atoms with E-state index in [0.29, 0.717) is 25.9 Å². The van der Waals surface area contributed by atoms with Crippen LogP contribution in [0, 0.1) is 35.1 Å². The summed E-state index contributed by atoms with van der Waals surface area (Å²) in [6.45, 7) is 1.10. The summed E-state index contributed by atoms with van der Waals surface area (Å²) in [7, 11) is 1.37. The molecule has 1 saturated heterocycles. The molecule has 1 N–H and O–H groups in total. The summed E-state index contributed by atoms with van der Waals surface area (Å²) in [6, 6.07) is 0. The van der Waals surface area contributed by atoms with Crippen molar-refractivity contribution in [2.24, 2.45) is 0 Å². The van der Waals surface area contributed by atoms with Gasteiger partial charge in [-0.3, -0.25) is 0 Å². The van der Waals surface area contributed by atoms with E-state index in [1.165, 1.54) is 19.4 Å². The maximum Gasteiger partial charge on any atom is 0.177 e. The lowest BCUT2D eigenvalue weighted by molar-refractivity contribution is 0.338. The summed E-state index contributed by atoms with van der Waals surface area (Å²) in [6.07, 6.45) is 3.21. The Labute approximate surface area is 126 Å². The molecule has 1 fully saturated rings. The van der Waals surface area contributed by atoms with E-state index < -0.39 is 40.3 Å². The number of rotatable bonds is 2. The third-order valence-electron chi connectivity index (χ3n) is 3.53. The van der Waals surface area contributed by atoms with Gasteiger partial charge >= 0.3 is 0 Å². The molecule has 1 aliphatic heterocycles. The number of methoxy groups -OCH3 is 1. The van der Waals surface area contributed by atoms with Crippen LogP contribution < -0.4 is 5.32 Å². The summed E-state index contributed by atoms with van der Waals surface area (Å²) in [5, 5.41) is 3.03. The van der Waals surface area contributed by atoms with E-state index in [0.717, 1.165) is 0 Å². The number of nitrogens with one attached hydrogen (secondary N) is 1. The molecule has 0 aromatic heterocycles. The number of benzene rings is 1. The molecule has 2 nitrogen and oxygen atoms in total. The van der Waals surface area contributed by atoms with Crippen molar-refractivity contribution in [1.82, 2.24) is 5.32 Å². The summed E-state index contributed by atoms with van der Waals surface area (Å²) in [5.74, 6) is -1.83. The number of hydrogen-bond donors (Lipinski definition) is 1. The van der Waals surface area contributed by atoms with E-state index >= 15 is 0 Å². The van der Waals surface area contributed by atoms with Crippen molar-refractivity contribution in [3.63, 3.8) is 0 Å². The first-order chi connectivity index (χ1) is 10.6. The minimum absolute atomic E-state index is 0.425. The van der Waals surface area contributed by atoms with Crippen LogP contribution in [0.3, 0.4) is 0 Å². The second kappa shape index (κ2) is 7.32. The maximum atomic E-state index is 14.2. The Kier molecular flexibility index (Phi) is 5.45. The van der Waals surface area contributed by atoms with Crippen LogP contribution in [0.25, 0.3) is 0 Å². The highest BCUT2D eigenvalue weighted by Crippen LogP contribution is 2.33. The third-order valence-corrected chi connectivity index (χ3v) is 3.53. The second-order valence-electron chi connectivity index (χ2n) is 4.88. The van der Waals surface area contributed by atoms with Crippen molar-refractivity contribution in [3.8, 4) is 11.8 Å². The van der Waals surface area contributed by atoms with Crippen LogP contribution in [0.5, 0.6) is 0 Å². The highest BCUT2D eigenvalue weighted by molar-refractivity contribution is 5.43. The van der Waals surface area contributed by atoms with Gasteiger partial charge in [-0.25, -0.2) is 17.6 Å². The van der Waals surface area contributed by atoms with Gasteiger partial charge in [-0.05, 0) is 31.8 Å². The maximum absolute atomic E-state index is 14.2.